The molecule has 1 aromatic heterocycles. The molecule has 4 aliphatic rings. The van der Waals surface area contributed by atoms with Gasteiger partial charge in [0, 0.05) is 12.8 Å². The van der Waals surface area contributed by atoms with Gasteiger partial charge in [0.05, 0.1) is 30.0 Å². The van der Waals surface area contributed by atoms with Crippen molar-refractivity contribution >= 4 is 0 Å². The molecule has 5 heteroatoms. The van der Waals surface area contributed by atoms with Gasteiger partial charge in [-0.1, -0.05) is 6.92 Å². The highest BCUT2D eigenvalue weighted by molar-refractivity contribution is 5.22. The smallest absolute Gasteiger partial charge is 0.102 e. The molecular formula is C27H41N3O2. The van der Waals surface area contributed by atoms with E-state index in [4.69, 9.17) is 4.74 Å². The standard InChI is InChI=1S/C27H41N3O2/c1-4-32-17-27(31)12-10-21-20(13-27)5-6-23-22(21)9-11-26(3)24(7-8-25(23)26)18(2)30-16-19(14-28)15-29-30/h15-16,18,20-25,31H,4-13,17H2,1-3H3/t18-,20+,21-,22+,23+,24?,25-,26+,27+/m0/s1. The minimum Gasteiger partial charge on any atom is -0.387 e. The first-order valence-corrected chi connectivity index (χ1v) is 13.1. The fraction of sp³-hybridized carbons (Fsp3) is 0.852. The molecule has 32 heavy (non-hydrogen) atoms. The maximum atomic E-state index is 11.1. The van der Waals surface area contributed by atoms with Gasteiger partial charge in [0.1, 0.15) is 6.07 Å². The molecule has 4 saturated carbocycles. The van der Waals surface area contributed by atoms with E-state index in [1.807, 2.05) is 13.1 Å². The molecule has 5 rings (SSSR count). The third-order valence-corrected chi connectivity index (χ3v) is 10.5. The van der Waals surface area contributed by atoms with Crippen LogP contribution in [0.25, 0.3) is 0 Å². The van der Waals surface area contributed by atoms with Crippen molar-refractivity contribution in [3.8, 4) is 6.07 Å². The second-order valence-electron chi connectivity index (χ2n) is 11.8. The number of aromatic nitrogens is 2. The molecule has 0 spiro atoms. The van der Waals surface area contributed by atoms with E-state index in [1.54, 1.807) is 6.20 Å². The lowest BCUT2D eigenvalue weighted by molar-refractivity contribution is -0.129. The van der Waals surface area contributed by atoms with Gasteiger partial charge in [-0.3, -0.25) is 4.68 Å². The van der Waals surface area contributed by atoms with E-state index in [2.05, 4.69) is 29.7 Å². The van der Waals surface area contributed by atoms with Gasteiger partial charge in [0.25, 0.3) is 0 Å². The minimum atomic E-state index is -0.590. The number of hydrogen-bond donors (Lipinski definition) is 1. The van der Waals surface area contributed by atoms with Crippen molar-refractivity contribution in [2.45, 2.75) is 90.2 Å². The summed E-state index contributed by atoms with van der Waals surface area (Å²) in [6, 6.07) is 2.58. The first-order chi connectivity index (χ1) is 15.4. The van der Waals surface area contributed by atoms with Gasteiger partial charge >= 0.3 is 0 Å². The Morgan fingerprint density at radius 3 is 2.75 bits per heavy atom. The lowest BCUT2D eigenvalue weighted by Crippen LogP contribution is -2.52. The Labute approximate surface area is 193 Å². The maximum Gasteiger partial charge on any atom is 0.102 e. The van der Waals surface area contributed by atoms with E-state index in [0.29, 0.717) is 42.1 Å². The van der Waals surface area contributed by atoms with Gasteiger partial charge in [0.2, 0.25) is 0 Å². The van der Waals surface area contributed by atoms with Crippen molar-refractivity contribution in [3.63, 3.8) is 0 Å². The highest BCUT2D eigenvalue weighted by Crippen LogP contribution is 2.66. The van der Waals surface area contributed by atoms with Gasteiger partial charge in [-0.25, -0.2) is 0 Å². The van der Waals surface area contributed by atoms with Crippen LogP contribution >= 0.6 is 0 Å². The Morgan fingerprint density at radius 1 is 1.19 bits per heavy atom. The summed E-state index contributed by atoms with van der Waals surface area (Å²) in [5.74, 6) is 4.67. The van der Waals surface area contributed by atoms with Gasteiger partial charge < -0.3 is 9.84 Å². The first kappa shape index (κ1) is 22.4. The van der Waals surface area contributed by atoms with Crippen LogP contribution in [0.4, 0.5) is 0 Å². The summed E-state index contributed by atoms with van der Waals surface area (Å²) in [5.41, 5.74) is 0.462. The first-order valence-electron chi connectivity index (χ1n) is 13.1. The Bertz CT molecular complexity index is 861. The number of fused-ring (bicyclic) bond motifs is 5. The zero-order valence-corrected chi connectivity index (χ0v) is 20.2. The van der Waals surface area contributed by atoms with Crippen LogP contribution in [0.1, 0.15) is 90.2 Å². The summed E-state index contributed by atoms with van der Waals surface area (Å²) in [4.78, 5) is 0. The van der Waals surface area contributed by atoms with E-state index >= 15 is 0 Å². The van der Waals surface area contributed by atoms with E-state index < -0.39 is 5.60 Å². The number of rotatable bonds is 5. The lowest BCUT2D eigenvalue weighted by Gasteiger charge is -2.57. The summed E-state index contributed by atoms with van der Waals surface area (Å²) >= 11 is 0. The number of hydrogen-bond acceptors (Lipinski definition) is 4. The molecule has 0 aromatic carbocycles. The normalized spacial score (nSPS) is 44.2. The molecule has 5 nitrogen and oxygen atoms in total. The van der Waals surface area contributed by atoms with Crippen LogP contribution in [0.3, 0.4) is 0 Å². The largest absolute Gasteiger partial charge is 0.387 e. The molecule has 4 fully saturated rings. The molecule has 176 valence electrons. The number of aliphatic hydroxyl groups is 1. The van der Waals surface area contributed by atoms with Crippen molar-refractivity contribution in [3.05, 3.63) is 18.0 Å². The second kappa shape index (κ2) is 8.44. The zero-order chi connectivity index (χ0) is 22.5. The Kier molecular flexibility index (Phi) is 5.91. The van der Waals surface area contributed by atoms with E-state index in [0.717, 1.165) is 36.5 Å². The van der Waals surface area contributed by atoms with Crippen LogP contribution in [0, 0.1) is 52.3 Å². The van der Waals surface area contributed by atoms with Crippen LogP contribution in [0.2, 0.25) is 0 Å². The lowest BCUT2D eigenvalue weighted by atomic mass is 9.48. The molecule has 0 aliphatic heterocycles. The van der Waals surface area contributed by atoms with Crippen molar-refractivity contribution in [2.75, 3.05) is 13.2 Å². The summed E-state index contributed by atoms with van der Waals surface area (Å²) in [7, 11) is 0. The van der Waals surface area contributed by atoms with Gasteiger partial charge in [-0.15, -0.1) is 0 Å². The van der Waals surface area contributed by atoms with Crippen LogP contribution < -0.4 is 0 Å². The Balaban J connectivity index is 1.30. The van der Waals surface area contributed by atoms with Crippen molar-refractivity contribution in [2.24, 2.45) is 40.9 Å². The average molecular weight is 440 g/mol. The third kappa shape index (κ3) is 3.62. The third-order valence-electron chi connectivity index (χ3n) is 10.5. The van der Waals surface area contributed by atoms with Gasteiger partial charge in [-0.2, -0.15) is 10.4 Å². The molecule has 1 aromatic rings. The highest BCUT2D eigenvalue weighted by atomic mass is 16.5. The van der Waals surface area contributed by atoms with Crippen molar-refractivity contribution in [1.82, 2.24) is 9.78 Å². The SMILES string of the molecule is CCOC[C@@]1(O)CC[C@H]2[C@H](CC[C@@H]3[C@@H]2CC[C@]2(C)C([C@H](C)n4cc(C#N)cn4)CC[C@@H]32)C1. The molecule has 0 saturated heterocycles. The predicted molar refractivity (Wildman–Crippen MR) is 124 cm³/mol. The fourth-order valence-corrected chi connectivity index (χ4v) is 9.02. The van der Waals surface area contributed by atoms with E-state index in [-0.39, 0.29) is 0 Å². The molecule has 1 N–H and O–H groups in total. The fourth-order valence-electron chi connectivity index (χ4n) is 9.02. The average Bonchev–Trinajstić information content (AvgIpc) is 3.41. The molecule has 1 unspecified atom stereocenters. The Morgan fingerprint density at radius 2 is 2.00 bits per heavy atom. The van der Waals surface area contributed by atoms with Gasteiger partial charge in [0.15, 0.2) is 0 Å². The van der Waals surface area contributed by atoms with E-state index in [1.165, 1.54) is 44.9 Å². The second-order valence-corrected chi connectivity index (χ2v) is 11.8. The molecule has 1 heterocycles. The molecule has 4 aliphatic carbocycles. The topological polar surface area (TPSA) is 71.1 Å². The minimum absolute atomic E-state index is 0.350. The number of nitrogens with zero attached hydrogens (tertiary/aromatic N) is 3. The van der Waals surface area contributed by atoms with E-state index in [9.17, 15) is 10.4 Å². The quantitative estimate of drug-likeness (QED) is 0.671. The number of ether oxygens (including phenoxy) is 1. The van der Waals surface area contributed by atoms with Crippen molar-refractivity contribution in [1.29, 1.82) is 5.26 Å². The van der Waals surface area contributed by atoms with Gasteiger partial charge in [-0.05, 0) is 113 Å². The molecule has 0 bridgehead atoms. The molecule has 0 amide bonds. The number of nitriles is 1. The molecule has 9 atom stereocenters. The monoisotopic (exact) mass is 439 g/mol. The maximum absolute atomic E-state index is 11.1. The van der Waals surface area contributed by atoms with Crippen LogP contribution in [0.5, 0.6) is 0 Å². The summed E-state index contributed by atoms with van der Waals surface area (Å²) < 4.78 is 7.69. The predicted octanol–water partition coefficient (Wildman–Crippen LogP) is 5.35. The van der Waals surface area contributed by atoms with Crippen LogP contribution in [-0.4, -0.2) is 33.7 Å². The summed E-state index contributed by atoms with van der Waals surface area (Å²) in [6.07, 6.45) is 14.6. The Hall–Kier alpha value is -1.38. The summed E-state index contributed by atoms with van der Waals surface area (Å²) in [5, 5.41) is 24.8. The van der Waals surface area contributed by atoms with Crippen molar-refractivity contribution < 1.29 is 9.84 Å². The highest BCUT2D eigenvalue weighted by Gasteiger charge is 2.58. The summed E-state index contributed by atoms with van der Waals surface area (Å²) in [6.45, 7) is 8.11. The molecular weight excluding hydrogens is 398 g/mol. The zero-order valence-electron chi connectivity index (χ0n) is 20.2. The van der Waals surface area contributed by atoms with Crippen LogP contribution in [-0.2, 0) is 4.74 Å². The van der Waals surface area contributed by atoms with Crippen LogP contribution in [0.15, 0.2) is 12.4 Å². The molecule has 0 radical (unpaired) electrons.